The van der Waals surface area contributed by atoms with Gasteiger partial charge in [-0.25, -0.2) is 4.99 Å². The molecule has 0 bridgehead atoms. The number of nitro groups is 1. The van der Waals surface area contributed by atoms with Gasteiger partial charge in [0.05, 0.1) is 11.5 Å². The highest BCUT2D eigenvalue weighted by molar-refractivity contribution is 14.0. The zero-order valence-corrected chi connectivity index (χ0v) is 17.0. The van der Waals surface area contributed by atoms with E-state index in [1.807, 2.05) is 37.3 Å². The number of nitrogens with zero attached hydrogens (tertiary/aromatic N) is 2. The Morgan fingerprint density at radius 3 is 2.35 bits per heavy atom. The fraction of sp³-hybridized carbons (Fsp3) is 0.278. The van der Waals surface area contributed by atoms with Crippen molar-refractivity contribution in [1.82, 2.24) is 10.6 Å². The molecule has 2 rings (SSSR count). The third-order valence-corrected chi connectivity index (χ3v) is 3.43. The van der Waals surface area contributed by atoms with Crippen LogP contribution in [0.2, 0.25) is 0 Å². The summed E-state index contributed by atoms with van der Waals surface area (Å²) in [4.78, 5) is 14.8. The summed E-state index contributed by atoms with van der Waals surface area (Å²) in [7, 11) is 0. The first-order chi connectivity index (χ1) is 12.2. The van der Waals surface area contributed by atoms with Crippen LogP contribution in [0.25, 0.3) is 0 Å². The maximum Gasteiger partial charge on any atom is 0.269 e. The number of nitro benzene ring substituents is 1. The summed E-state index contributed by atoms with van der Waals surface area (Å²) < 4.78 is 0. The van der Waals surface area contributed by atoms with Crippen LogP contribution in [-0.4, -0.2) is 30.5 Å². The van der Waals surface area contributed by atoms with Gasteiger partial charge in [0.25, 0.3) is 5.69 Å². The zero-order chi connectivity index (χ0) is 17.9. The molecular formula is C18H24IN5O2. The van der Waals surface area contributed by atoms with Crippen molar-refractivity contribution in [2.75, 3.05) is 25.0 Å². The summed E-state index contributed by atoms with van der Waals surface area (Å²) >= 11 is 0. The van der Waals surface area contributed by atoms with Crippen molar-refractivity contribution >= 4 is 41.3 Å². The number of hydrogen-bond donors (Lipinski definition) is 3. The average molecular weight is 469 g/mol. The molecule has 140 valence electrons. The number of rotatable bonds is 8. The minimum Gasteiger partial charge on any atom is -0.383 e. The summed E-state index contributed by atoms with van der Waals surface area (Å²) in [5.41, 5.74) is 2.09. The monoisotopic (exact) mass is 469 g/mol. The van der Waals surface area contributed by atoms with Gasteiger partial charge in [0.1, 0.15) is 0 Å². The molecule has 0 aliphatic carbocycles. The topological polar surface area (TPSA) is 91.6 Å². The number of halogens is 1. The van der Waals surface area contributed by atoms with E-state index < -0.39 is 4.92 Å². The fourth-order valence-electron chi connectivity index (χ4n) is 2.18. The maximum absolute atomic E-state index is 10.6. The second kappa shape index (κ2) is 12.1. The van der Waals surface area contributed by atoms with Gasteiger partial charge in [-0.15, -0.1) is 24.0 Å². The van der Waals surface area contributed by atoms with E-state index in [0.717, 1.165) is 23.8 Å². The van der Waals surface area contributed by atoms with E-state index in [9.17, 15) is 10.1 Å². The van der Waals surface area contributed by atoms with Gasteiger partial charge in [0.2, 0.25) is 0 Å². The van der Waals surface area contributed by atoms with E-state index in [2.05, 4.69) is 20.9 Å². The van der Waals surface area contributed by atoms with Gasteiger partial charge in [0.15, 0.2) is 5.96 Å². The van der Waals surface area contributed by atoms with Crippen molar-refractivity contribution < 1.29 is 4.92 Å². The van der Waals surface area contributed by atoms with Crippen LogP contribution in [0.3, 0.4) is 0 Å². The molecule has 0 radical (unpaired) electrons. The van der Waals surface area contributed by atoms with E-state index in [1.54, 1.807) is 12.1 Å². The first-order valence-corrected chi connectivity index (χ1v) is 8.23. The lowest BCUT2D eigenvalue weighted by Crippen LogP contribution is -2.39. The molecule has 8 heteroatoms. The molecule has 26 heavy (non-hydrogen) atoms. The highest BCUT2D eigenvalue weighted by Gasteiger charge is 2.03. The van der Waals surface area contributed by atoms with E-state index in [1.165, 1.54) is 12.1 Å². The van der Waals surface area contributed by atoms with Crippen LogP contribution in [0, 0.1) is 10.1 Å². The lowest BCUT2D eigenvalue weighted by atomic mass is 10.2. The van der Waals surface area contributed by atoms with Crippen molar-refractivity contribution in [3.8, 4) is 0 Å². The van der Waals surface area contributed by atoms with Crippen LogP contribution >= 0.6 is 24.0 Å². The SMILES string of the molecule is CCNC(=NCc1ccccc1)NCCNc1ccc([N+](=O)[O-])cc1.I. The Bertz CT molecular complexity index is 692. The van der Waals surface area contributed by atoms with Crippen LogP contribution in [0.5, 0.6) is 0 Å². The number of non-ortho nitro benzene ring substituents is 1. The number of guanidine groups is 1. The predicted molar refractivity (Wildman–Crippen MR) is 116 cm³/mol. The molecule has 0 saturated heterocycles. The Hall–Kier alpha value is -2.36. The second-order valence-corrected chi connectivity index (χ2v) is 5.34. The number of anilines is 1. The number of hydrogen-bond acceptors (Lipinski definition) is 4. The standard InChI is InChI=1S/C18H23N5O2.HI/c1-2-19-18(22-14-15-6-4-3-5-7-15)21-13-12-20-16-8-10-17(11-9-16)23(24)25;/h3-11,20H,2,12-14H2,1H3,(H2,19,21,22);1H. The Labute approximate surface area is 170 Å². The Morgan fingerprint density at radius 1 is 1.04 bits per heavy atom. The van der Waals surface area contributed by atoms with Gasteiger partial charge in [-0.2, -0.15) is 0 Å². The summed E-state index contributed by atoms with van der Waals surface area (Å²) in [5, 5.41) is 20.3. The highest BCUT2D eigenvalue weighted by atomic mass is 127. The van der Waals surface area contributed by atoms with Gasteiger partial charge in [-0.05, 0) is 24.6 Å². The molecule has 0 aliphatic heterocycles. The zero-order valence-electron chi connectivity index (χ0n) is 14.6. The van der Waals surface area contributed by atoms with Crippen molar-refractivity contribution in [2.45, 2.75) is 13.5 Å². The molecule has 0 amide bonds. The lowest BCUT2D eigenvalue weighted by Gasteiger charge is -2.12. The highest BCUT2D eigenvalue weighted by Crippen LogP contribution is 2.14. The molecule has 0 unspecified atom stereocenters. The fourth-order valence-corrected chi connectivity index (χ4v) is 2.18. The first-order valence-electron chi connectivity index (χ1n) is 8.23. The molecule has 0 fully saturated rings. The molecule has 0 aromatic heterocycles. The predicted octanol–water partition coefficient (Wildman–Crippen LogP) is 3.38. The number of benzene rings is 2. The molecule has 7 nitrogen and oxygen atoms in total. The quantitative estimate of drug-likeness (QED) is 0.138. The number of nitrogens with one attached hydrogen (secondary N) is 3. The Morgan fingerprint density at radius 2 is 1.73 bits per heavy atom. The van der Waals surface area contributed by atoms with E-state index in [4.69, 9.17) is 0 Å². The lowest BCUT2D eigenvalue weighted by molar-refractivity contribution is -0.384. The molecular weight excluding hydrogens is 445 g/mol. The summed E-state index contributed by atoms with van der Waals surface area (Å²) in [5.74, 6) is 0.761. The van der Waals surface area contributed by atoms with Gasteiger partial charge >= 0.3 is 0 Å². The van der Waals surface area contributed by atoms with E-state index >= 15 is 0 Å². The van der Waals surface area contributed by atoms with Crippen LogP contribution in [-0.2, 0) is 6.54 Å². The molecule has 0 aliphatic rings. The third-order valence-electron chi connectivity index (χ3n) is 3.43. The maximum atomic E-state index is 10.6. The summed E-state index contributed by atoms with van der Waals surface area (Å²) in [6, 6.07) is 16.5. The van der Waals surface area contributed by atoms with Gasteiger partial charge in [-0.3, -0.25) is 10.1 Å². The second-order valence-electron chi connectivity index (χ2n) is 5.34. The summed E-state index contributed by atoms with van der Waals surface area (Å²) in [6.45, 7) is 4.78. The molecule has 3 N–H and O–H groups in total. The smallest absolute Gasteiger partial charge is 0.269 e. The minimum absolute atomic E-state index is 0. The van der Waals surface area contributed by atoms with Crippen molar-refractivity contribution in [1.29, 1.82) is 0 Å². The normalized spacial score (nSPS) is 10.6. The van der Waals surface area contributed by atoms with Crippen LogP contribution in [0.15, 0.2) is 59.6 Å². The van der Waals surface area contributed by atoms with E-state index in [0.29, 0.717) is 19.6 Å². The molecule has 0 saturated carbocycles. The first kappa shape index (κ1) is 21.7. The van der Waals surface area contributed by atoms with Crippen molar-refractivity contribution in [2.24, 2.45) is 4.99 Å². The van der Waals surface area contributed by atoms with Crippen LogP contribution in [0.4, 0.5) is 11.4 Å². The van der Waals surface area contributed by atoms with Crippen molar-refractivity contribution in [3.63, 3.8) is 0 Å². The van der Waals surface area contributed by atoms with E-state index in [-0.39, 0.29) is 29.7 Å². The molecule has 0 atom stereocenters. The van der Waals surface area contributed by atoms with Gasteiger partial charge < -0.3 is 16.0 Å². The van der Waals surface area contributed by atoms with Crippen LogP contribution < -0.4 is 16.0 Å². The summed E-state index contributed by atoms with van der Waals surface area (Å²) in [6.07, 6.45) is 0. The molecule has 0 spiro atoms. The average Bonchev–Trinajstić information content (AvgIpc) is 2.64. The van der Waals surface area contributed by atoms with Crippen molar-refractivity contribution in [3.05, 3.63) is 70.3 Å². The molecule has 2 aromatic carbocycles. The van der Waals surface area contributed by atoms with Gasteiger partial charge in [0, 0.05) is 37.5 Å². The Kier molecular flexibility index (Phi) is 10.1. The Balaban J connectivity index is 0.00000338. The molecule has 2 aromatic rings. The van der Waals surface area contributed by atoms with Crippen LogP contribution in [0.1, 0.15) is 12.5 Å². The van der Waals surface area contributed by atoms with Gasteiger partial charge in [-0.1, -0.05) is 30.3 Å². The largest absolute Gasteiger partial charge is 0.383 e. The molecule has 0 heterocycles. The number of aliphatic imine (C=N–C) groups is 1. The minimum atomic E-state index is -0.406. The third kappa shape index (κ3) is 7.68.